The third kappa shape index (κ3) is 3.15. The Balaban J connectivity index is 1.30. The first-order valence-corrected chi connectivity index (χ1v) is 12.0. The van der Waals surface area contributed by atoms with Crippen molar-refractivity contribution in [3.63, 3.8) is 0 Å². The number of nitrogens with zero attached hydrogens (tertiary/aromatic N) is 1. The van der Waals surface area contributed by atoms with Crippen molar-refractivity contribution >= 4 is 17.5 Å². The Labute approximate surface area is 206 Å². The highest BCUT2D eigenvalue weighted by Gasteiger charge is 2.57. The Morgan fingerprint density at radius 2 is 1.43 bits per heavy atom. The fourth-order valence-electron chi connectivity index (χ4n) is 5.53. The summed E-state index contributed by atoms with van der Waals surface area (Å²) < 4.78 is 6.78. The minimum Gasteiger partial charge on any atom is -0.463 e. The number of carbonyl (C=O) groups excluding carboxylic acids is 1. The van der Waals surface area contributed by atoms with Crippen molar-refractivity contribution in [3.8, 4) is 16.9 Å². The number of para-hydroxylation sites is 1. The van der Waals surface area contributed by atoms with E-state index < -0.39 is 5.72 Å². The highest BCUT2D eigenvalue weighted by molar-refractivity contribution is 6.09. The maximum Gasteiger partial charge on any atom is 0.211 e. The maximum atomic E-state index is 12.7. The Hall–Kier alpha value is -4.11. The SMILES string of the molecule is CN1c2ccccc2C(C)(C)C12C=Cc1cc(-c3ccc(C(=O)c4ccccc4)cc3)ccc1O2. The van der Waals surface area contributed by atoms with Gasteiger partial charge in [-0.15, -0.1) is 0 Å². The molecule has 0 fully saturated rings. The number of hydrogen-bond acceptors (Lipinski definition) is 3. The fraction of sp³-hybridized carbons (Fsp3) is 0.156. The number of ether oxygens (including phenoxy) is 1. The van der Waals surface area contributed by atoms with Gasteiger partial charge in [-0.05, 0) is 60.9 Å². The quantitative estimate of drug-likeness (QED) is 0.307. The van der Waals surface area contributed by atoms with Gasteiger partial charge in [-0.2, -0.15) is 0 Å². The molecule has 0 radical (unpaired) electrons. The third-order valence-corrected chi connectivity index (χ3v) is 7.61. The summed E-state index contributed by atoms with van der Waals surface area (Å²) in [5.74, 6) is 0.911. The molecule has 0 amide bonds. The highest BCUT2D eigenvalue weighted by Crippen LogP contribution is 2.54. The van der Waals surface area contributed by atoms with E-state index >= 15 is 0 Å². The van der Waals surface area contributed by atoms with Gasteiger partial charge in [0.15, 0.2) is 5.78 Å². The van der Waals surface area contributed by atoms with E-state index in [9.17, 15) is 4.79 Å². The molecule has 4 aromatic carbocycles. The summed E-state index contributed by atoms with van der Waals surface area (Å²) in [7, 11) is 2.11. The molecule has 2 aliphatic rings. The molecule has 35 heavy (non-hydrogen) atoms. The molecule has 3 heteroatoms. The fourth-order valence-corrected chi connectivity index (χ4v) is 5.53. The van der Waals surface area contributed by atoms with Gasteiger partial charge >= 0.3 is 0 Å². The van der Waals surface area contributed by atoms with Crippen LogP contribution < -0.4 is 9.64 Å². The number of carbonyl (C=O) groups is 1. The van der Waals surface area contributed by atoms with Crippen molar-refractivity contribution in [1.82, 2.24) is 0 Å². The van der Waals surface area contributed by atoms with Crippen LogP contribution in [-0.4, -0.2) is 18.6 Å². The molecule has 0 aromatic heterocycles. The van der Waals surface area contributed by atoms with Crippen LogP contribution in [-0.2, 0) is 5.41 Å². The predicted octanol–water partition coefficient (Wildman–Crippen LogP) is 7.11. The summed E-state index contributed by atoms with van der Waals surface area (Å²) in [5, 5.41) is 0. The minimum absolute atomic E-state index is 0.0357. The van der Waals surface area contributed by atoms with Gasteiger partial charge in [-0.25, -0.2) is 0 Å². The molecule has 6 rings (SSSR count). The van der Waals surface area contributed by atoms with Crippen LogP contribution in [0.1, 0.15) is 40.9 Å². The zero-order chi connectivity index (χ0) is 24.2. The first-order chi connectivity index (χ1) is 16.9. The molecule has 3 nitrogen and oxygen atoms in total. The van der Waals surface area contributed by atoms with E-state index in [0.717, 1.165) is 22.4 Å². The zero-order valence-electron chi connectivity index (χ0n) is 20.2. The number of rotatable bonds is 3. The van der Waals surface area contributed by atoms with Gasteiger partial charge in [0.1, 0.15) is 5.75 Å². The first-order valence-electron chi connectivity index (χ1n) is 12.0. The topological polar surface area (TPSA) is 29.5 Å². The molecule has 0 saturated heterocycles. The van der Waals surface area contributed by atoms with Gasteiger partial charge in [0.2, 0.25) is 5.72 Å². The van der Waals surface area contributed by atoms with Crippen LogP contribution in [0.15, 0.2) is 103 Å². The van der Waals surface area contributed by atoms with Crippen LogP contribution in [0.3, 0.4) is 0 Å². The summed E-state index contributed by atoms with van der Waals surface area (Å²) in [6.07, 6.45) is 4.38. The third-order valence-electron chi connectivity index (χ3n) is 7.61. The Kier molecular flexibility index (Phi) is 4.72. The van der Waals surface area contributed by atoms with Crippen molar-refractivity contribution in [1.29, 1.82) is 0 Å². The normalized spacial score (nSPS) is 19.2. The van der Waals surface area contributed by atoms with Crippen molar-refractivity contribution in [3.05, 3.63) is 125 Å². The van der Waals surface area contributed by atoms with Crippen LogP contribution in [0.25, 0.3) is 17.2 Å². The van der Waals surface area contributed by atoms with E-state index in [4.69, 9.17) is 4.74 Å². The number of hydrogen-bond donors (Lipinski definition) is 0. The molecule has 0 bridgehead atoms. The average Bonchev–Trinajstić information content (AvgIpc) is 3.07. The predicted molar refractivity (Wildman–Crippen MR) is 142 cm³/mol. The van der Waals surface area contributed by atoms with Crippen LogP contribution >= 0.6 is 0 Å². The van der Waals surface area contributed by atoms with Gasteiger partial charge in [-0.1, -0.05) is 78.9 Å². The Morgan fingerprint density at radius 3 is 2.17 bits per heavy atom. The summed E-state index contributed by atoms with van der Waals surface area (Å²) in [4.78, 5) is 15.0. The zero-order valence-corrected chi connectivity index (χ0v) is 20.2. The van der Waals surface area contributed by atoms with Crippen molar-refractivity contribution < 1.29 is 9.53 Å². The molecule has 1 unspecified atom stereocenters. The monoisotopic (exact) mass is 457 g/mol. The van der Waals surface area contributed by atoms with Crippen LogP contribution in [0.4, 0.5) is 5.69 Å². The second-order valence-electron chi connectivity index (χ2n) is 9.86. The average molecular weight is 458 g/mol. The smallest absolute Gasteiger partial charge is 0.211 e. The molecule has 0 aliphatic carbocycles. The molecule has 2 aliphatic heterocycles. The second-order valence-corrected chi connectivity index (χ2v) is 9.86. The van der Waals surface area contributed by atoms with E-state index in [1.807, 2.05) is 54.6 Å². The number of likely N-dealkylation sites (N-methyl/N-ethyl adjacent to an activating group) is 1. The van der Waals surface area contributed by atoms with Gasteiger partial charge in [0.25, 0.3) is 0 Å². The molecule has 1 atom stereocenters. The molecule has 0 N–H and O–H groups in total. The lowest BCUT2D eigenvalue weighted by Crippen LogP contribution is -2.58. The van der Waals surface area contributed by atoms with Gasteiger partial charge < -0.3 is 9.64 Å². The summed E-state index contributed by atoms with van der Waals surface area (Å²) in [6.45, 7) is 4.49. The van der Waals surface area contributed by atoms with Crippen molar-refractivity contribution in [2.75, 3.05) is 11.9 Å². The maximum absolute atomic E-state index is 12.7. The van der Waals surface area contributed by atoms with Crippen LogP contribution in [0.5, 0.6) is 5.75 Å². The number of ketones is 1. The molecule has 4 aromatic rings. The lowest BCUT2D eigenvalue weighted by Gasteiger charge is -2.45. The number of benzene rings is 4. The Morgan fingerprint density at radius 1 is 0.771 bits per heavy atom. The van der Waals surface area contributed by atoms with E-state index in [-0.39, 0.29) is 11.2 Å². The molecule has 0 saturated carbocycles. The van der Waals surface area contributed by atoms with Gasteiger partial charge in [-0.3, -0.25) is 4.79 Å². The number of anilines is 1. The van der Waals surface area contributed by atoms with E-state index in [1.54, 1.807) is 0 Å². The second kappa shape index (κ2) is 7.71. The molecular weight excluding hydrogens is 430 g/mol. The molecule has 172 valence electrons. The summed E-state index contributed by atoms with van der Waals surface area (Å²) in [5.41, 5.74) is 6.30. The Bertz CT molecular complexity index is 1470. The molecule has 2 heterocycles. The van der Waals surface area contributed by atoms with Crippen molar-refractivity contribution in [2.45, 2.75) is 25.0 Å². The van der Waals surface area contributed by atoms with E-state index in [0.29, 0.717) is 11.1 Å². The van der Waals surface area contributed by atoms with Crippen LogP contribution in [0.2, 0.25) is 0 Å². The molecular formula is C32H27NO2. The minimum atomic E-state index is -0.579. The molecule has 1 spiro atoms. The van der Waals surface area contributed by atoms with Gasteiger partial charge in [0, 0.05) is 29.4 Å². The lowest BCUT2D eigenvalue weighted by atomic mass is 9.76. The van der Waals surface area contributed by atoms with Crippen LogP contribution in [0, 0.1) is 0 Å². The standard InChI is InChI=1S/C32H27NO2/c1-31(2)27-11-7-8-12-28(27)33(3)32(31)20-19-26-21-25(17-18-29(26)35-32)22-13-15-24(16-14-22)30(34)23-9-5-4-6-10-23/h4-21H,1-3H3. The summed E-state index contributed by atoms with van der Waals surface area (Å²) in [6, 6.07) is 32.1. The van der Waals surface area contributed by atoms with Gasteiger partial charge in [0.05, 0.1) is 5.41 Å². The first kappa shape index (κ1) is 21.4. The largest absolute Gasteiger partial charge is 0.463 e. The van der Waals surface area contributed by atoms with Crippen molar-refractivity contribution in [2.24, 2.45) is 0 Å². The lowest BCUT2D eigenvalue weighted by molar-refractivity contribution is 0.0582. The van der Waals surface area contributed by atoms with E-state index in [2.05, 4.69) is 80.4 Å². The summed E-state index contributed by atoms with van der Waals surface area (Å²) >= 11 is 0. The number of fused-ring (bicyclic) bond motifs is 2. The highest BCUT2D eigenvalue weighted by atomic mass is 16.5. The van der Waals surface area contributed by atoms with E-state index in [1.165, 1.54) is 11.3 Å².